The molecule has 2 aliphatic carbocycles. The number of likely N-dealkylation sites (tertiary alicyclic amines) is 1. The third kappa shape index (κ3) is 3.28. The Labute approximate surface area is 148 Å². The average molecular weight is 350 g/mol. The SMILES string of the molecule is Cl.NC1CCC2CN(C(=O)c3ccc(C(=O)NC4CC4)cc3)CC12. The van der Waals surface area contributed by atoms with Crippen LogP contribution in [-0.2, 0) is 0 Å². The Morgan fingerprint density at radius 2 is 1.67 bits per heavy atom. The lowest BCUT2D eigenvalue weighted by Crippen LogP contribution is -2.33. The van der Waals surface area contributed by atoms with Gasteiger partial charge in [-0.15, -0.1) is 12.4 Å². The molecule has 4 rings (SSSR count). The third-order valence-corrected chi connectivity index (χ3v) is 5.51. The van der Waals surface area contributed by atoms with Gasteiger partial charge in [-0.2, -0.15) is 0 Å². The average Bonchev–Trinajstić information content (AvgIpc) is 3.16. The van der Waals surface area contributed by atoms with Crippen molar-refractivity contribution in [3.8, 4) is 0 Å². The van der Waals surface area contributed by atoms with Gasteiger partial charge in [0, 0.05) is 36.3 Å². The number of fused-ring (bicyclic) bond motifs is 1. The highest BCUT2D eigenvalue weighted by molar-refractivity contribution is 5.98. The first-order chi connectivity index (χ1) is 11.1. The van der Waals surface area contributed by atoms with Gasteiger partial charge in [0.05, 0.1) is 0 Å². The molecule has 1 aromatic carbocycles. The lowest BCUT2D eigenvalue weighted by molar-refractivity contribution is 0.0779. The Balaban J connectivity index is 0.00000169. The number of nitrogens with zero attached hydrogens (tertiary/aromatic N) is 1. The first kappa shape index (κ1) is 17.2. The third-order valence-electron chi connectivity index (χ3n) is 5.51. The molecule has 0 spiro atoms. The lowest BCUT2D eigenvalue weighted by atomic mass is 9.98. The van der Waals surface area contributed by atoms with Crippen molar-refractivity contribution in [1.29, 1.82) is 0 Å². The molecule has 3 unspecified atom stereocenters. The molecule has 1 aromatic rings. The molecular formula is C18H24ClN3O2. The Kier molecular flexibility index (Phi) is 4.83. The molecule has 0 aromatic heterocycles. The van der Waals surface area contributed by atoms with E-state index in [9.17, 15) is 9.59 Å². The van der Waals surface area contributed by atoms with Crippen molar-refractivity contribution >= 4 is 24.2 Å². The number of benzene rings is 1. The second kappa shape index (κ2) is 6.73. The minimum absolute atomic E-state index is 0. The van der Waals surface area contributed by atoms with E-state index in [1.54, 1.807) is 24.3 Å². The number of hydrogen-bond donors (Lipinski definition) is 2. The molecule has 2 amide bonds. The van der Waals surface area contributed by atoms with Crippen LogP contribution in [-0.4, -0.2) is 41.9 Å². The number of halogens is 1. The molecule has 3 fully saturated rings. The van der Waals surface area contributed by atoms with Gasteiger partial charge in [-0.1, -0.05) is 0 Å². The molecule has 1 saturated heterocycles. The van der Waals surface area contributed by atoms with E-state index in [2.05, 4.69) is 5.32 Å². The molecule has 24 heavy (non-hydrogen) atoms. The standard InChI is InChI=1S/C18H23N3O2.ClH/c19-16-8-5-13-9-21(10-15(13)16)18(23)12-3-1-11(2-4-12)17(22)20-14-6-7-14;/h1-4,13-16H,5-10,19H2,(H,20,22);1H. The largest absolute Gasteiger partial charge is 0.349 e. The van der Waals surface area contributed by atoms with Crippen LogP contribution in [0.25, 0.3) is 0 Å². The number of hydrogen-bond acceptors (Lipinski definition) is 3. The maximum absolute atomic E-state index is 12.6. The summed E-state index contributed by atoms with van der Waals surface area (Å²) in [5.74, 6) is 1.04. The van der Waals surface area contributed by atoms with E-state index in [0.717, 1.165) is 38.8 Å². The van der Waals surface area contributed by atoms with Crippen LogP contribution in [0.5, 0.6) is 0 Å². The maximum atomic E-state index is 12.6. The van der Waals surface area contributed by atoms with Gasteiger partial charge in [-0.05, 0) is 61.8 Å². The number of nitrogens with one attached hydrogen (secondary N) is 1. The van der Waals surface area contributed by atoms with Gasteiger partial charge < -0.3 is 16.0 Å². The van der Waals surface area contributed by atoms with E-state index in [4.69, 9.17) is 5.73 Å². The van der Waals surface area contributed by atoms with Crippen LogP contribution in [0.4, 0.5) is 0 Å². The molecular weight excluding hydrogens is 326 g/mol. The van der Waals surface area contributed by atoms with Crippen LogP contribution in [0.1, 0.15) is 46.4 Å². The van der Waals surface area contributed by atoms with Crippen molar-refractivity contribution in [2.75, 3.05) is 13.1 Å². The minimum atomic E-state index is -0.0480. The van der Waals surface area contributed by atoms with Gasteiger partial charge in [0.15, 0.2) is 0 Å². The molecule has 2 saturated carbocycles. The smallest absolute Gasteiger partial charge is 0.253 e. The second-order valence-electron chi connectivity index (χ2n) is 7.20. The molecule has 3 N–H and O–H groups in total. The van der Waals surface area contributed by atoms with Gasteiger partial charge in [-0.3, -0.25) is 9.59 Å². The summed E-state index contributed by atoms with van der Waals surface area (Å²) in [6.07, 6.45) is 4.36. The Bertz CT molecular complexity index is 630. The highest BCUT2D eigenvalue weighted by Gasteiger charge is 2.42. The predicted molar refractivity (Wildman–Crippen MR) is 94.3 cm³/mol. The molecule has 130 valence electrons. The Morgan fingerprint density at radius 1 is 1.00 bits per heavy atom. The van der Waals surface area contributed by atoms with E-state index in [0.29, 0.717) is 29.0 Å². The fraction of sp³-hybridized carbons (Fsp3) is 0.556. The fourth-order valence-electron chi connectivity index (χ4n) is 3.92. The van der Waals surface area contributed by atoms with Gasteiger partial charge in [0.2, 0.25) is 0 Å². The summed E-state index contributed by atoms with van der Waals surface area (Å²) in [7, 11) is 0. The van der Waals surface area contributed by atoms with E-state index in [1.165, 1.54) is 0 Å². The molecule has 6 heteroatoms. The van der Waals surface area contributed by atoms with Crippen molar-refractivity contribution in [2.24, 2.45) is 17.6 Å². The van der Waals surface area contributed by atoms with E-state index in [-0.39, 0.29) is 30.3 Å². The highest BCUT2D eigenvalue weighted by Crippen LogP contribution is 2.37. The van der Waals surface area contributed by atoms with Gasteiger partial charge in [0.25, 0.3) is 11.8 Å². The quantitative estimate of drug-likeness (QED) is 0.873. The maximum Gasteiger partial charge on any atom is 0.253 e. The van der Waals surface area contributed by atoms with Crippen LogP contribution in [0.3, 0.4) is 0 Å². The number of carbonyl (C=O) groups is 2. The van der Waals surface area contributed by atoms with Gasteiger partial charge >= 0.3 is 0 Å². The number of amides is 2. The summed E-state index contributed by atoms with van der Waals surface area (Å²) in [5.41, 5.74) is 7.41. The van der Waals surface area contributed by atoms with Crippen molar-refractivity contribution < 1.29 is 9.59 Å². The van der Waals surface area contributed by atoms with Gasteiger partial charge in [0.1, 0.15) is 0 Å². The fourth-order valence-corrected chi connectivity index (χ4v) is 3.92. The number of nitrogens with two attached hydrogens (primary N) is 1. The Hall–Kier alpha value is -1.59. The lowest BCUT2D eigenvalue weighted by Gasteiger charge is -2.19. The van der Waals surface area contributed by atoms with Crippen LogP contribution in [0.2, 0.25) is 0 Å². The summed E-state index contributed by atoms with van der Waals surface area (Å²) < 4.78 is 0. The molecule has 0 radical (unpaired) electrons. The molecule has 1 aliphatic heterocycles. The van der Waals surface area contributed by atoms with E-state index >= 15 is 0 Å². The molecule has 3 aliphatic rings. The number of rotatable bonds is 3. The zero-order valence-electron chi connectivity index (χ0n) is 13.6. The van der Waals surface area contributed by atoms with Crippen LogP contribution in [0, 0.1) is 11.8 Å². The van der Waals surface area contributed by atoms with Crippen LogP contribution >= 0.6 is 12.4 Å². The summed E-state index contributed by atoms with van der Waals surface area (Å²) in [4.78, 5) is 26.5. The van der Waals surface area contributed by atoms with Gasteiger partial charge in [-0.25, -0.2) is 0 Å². The summed E-state index contributed by atoms with van der Waals surface area (Å²) >= 11 is 0. The monoisotopic (exact) mass is 349 g/mol. The Morgan fingerprint density at radius 3 is 2.29 bits per heavy atom. The second-order valence-corrected chi connectivity index (χ2v) is 7.20. The first-order valence-electron chi connectivity index (χ1n) is 8.57. The van der Waals surface area contributed by atoms with Crippen molar-refractivity contribution in [3.05, 3.63) is 35.4 Å². The molecule has 0 bridgehead atoms. The zero-order valence-corrected chi connectivity index (χ0v) is 14.4. The number of carbonyl (C=O) groups excluding carboxylic acids is 2. The van der Waals surface area contributed by atoms with Crippen molar-refractivity contribution in [3.63, 3.8) is 0 Å². The summed E-state index contributed by atoms with van der Waals surface area (Å²) in [5, 5.41) is 2.96. The van der Waals surface area contributed by atoms with Crippen LogP contribution in [0.15, 0.2) is 24.3 Å². The van der Waals surface area contributed by atoms with Crippen LogP contribution < -0.4 is 11.1 Å². The summed E-state index contributed by atoms with van der Waals surface area (Å²) in [6.45, 7) is 1.59. The molecule has 1 heterocycles. The summed E-state index contributed by atoms with van der Waals surface area (Å²) in [6, 6.07) is 7.60. The minimum Gasteiger partial charge on any atom is -0.349 e. The molecule has 3 atom stereocenters. The zero-order chi connectivity index (χ0) is 16.0. The normalized spacial score (nSPS) is 28.2. The topological polar surface area (TPSA) is 75.4 Å². The van der Waals surface area contributed by atoms with E-state index < -0.39 is 0 Å². The van der Waals surface area contributed by atoms with Crippen molar-refractivity contribution in [1.82, 2.24) is 10.2 Å². The predicted octanol–water partition coefficient (Wildman–Crippen LogP) is 1.81. The van der Waals surface area contributed by atoms with Crippen molar-refractivity contribution in [2.45, 2.75) is 37.8 Å². The first-order valence-corrected chi connectivity index (χ1v) is 8.57. The van der Waals surface area contributed by atoms with E-state index in [1.807, 2.05) is 4.90 Å². The highest BCUT2D eigenvalue weighted by atomic mass is 35.5. The molecule has 5 nitrogen and oxygen atoms in total.